The molecule has 4 nitrogen and oxygen atoms in total. The number of hydrogen-bond acceptors (Lipinski definition) is 4. The van der Waals surface area contributed by atoms with Crippen molar-refractivity contribution in [2.45, 2.75) is 25.4 Å². The van der Waals surface area contributed by atoms with Crippen LogP contribution >= 0.6 is 12.2 Å². The molecule has 0 aliphatic carbocycles. The lowest BCUT2D eigenvalue weighted by Crippen LogP contribution is -2.33. The largest absolute Gasteiger partial charge is 0.497 e. The van der Waals surface area contributed by atoms with Crippen LogP contribution in [0.1, 0.15) is 25.3 Å². The highest BCUT2D eigenvalue weighted by Gasteiger charge is 2.29. The first-order chi connectivity index (χ1) is 9.04. The zero-order valence-corrected chi connectivity index (χ0v) is 12.2. The molecule has 1 aliphatic rings. The predicted octanol–water partition coefficient (Wildman–Crippen LogP) is 2.31. The number of anilines is 1. The maximum atomic E-state index is 5.76. The Kier molecular flexibility index (Phi) is 4.27. The summed E-state index contributed by atoms with van der Waals surface area (Å²) >= 11 is 5.07. The molecule has 0 amide bonds. The fourth-order valence-electron chi connectivity index (χ4n) is 2.27. The number of ether oxygens (including phenoxy) is 2. The van der Waals surface area contributed by atoms with E-state index in [4.69, 9.17) is 27.4 Å². The molecule has 2 rings (SSSR count). The van der Waals surface area contributed by atoms with Crippen molar-refractivity contribution in [1.82, 2.24) is 0 Å². The number of methoxy groups -OCH3 is 1. The maximum absolute atomic E-state index is 5.76. The van der Waals surface area contributed by atoms with Crippen LogP contribution in [0.5, 0.6) is 5.75 Å². The minimum Gasteiger partial charge on any atom is -0.497 e. The molecule has 5 heteroatoms. The smallest absolute Gasteiger partial charge is 0.120 e. The van der Waals surface area contributed by atoms with Crippen LogP contribution in [0.15, 0.2) is 18.2 Å². The molecule has 1 aromatic rings. The quantitative estimate of drug-likeness (QED) is 0.811. The molecule has 1 aromatic carbocycles. The van der Waals surface area contributed by atoms with Crippen LogP contribution in [0.4, 0.5) is 5.69 Å². The van der Waals surface area contributed by atoms with Gasteiger partial charge in [0.05, 0.1) is 12.7 Å². The second-order valence-corrected chi connectivity index (χ2v) is 5.47. The van der Waals surface area contributed by atoms with Gasteiger partial charge in [-0.15, -0.1) is 0 Å². The van der Waals surface area contributed by atoms with E-state index >= 15 is 0 Å². The lowest BCUT2D eigenvalue weighted by Gasteiger charge is -2.25. The minimum atomic E-state index is -0.115. The first-order valence-corrected chi connectivity index (χ1v) is 6.80. The molecule has 1 saturated heterocycles. The van der Waals surface area contributed by atoms with E-state index in [0.29, 0.717) is 4.99 Å². The van der Waals surface area contributed by atoms with E-state index in [0.717, 1.165) is 43.0 Å². The lowest BCUT2D eigenvalue weighted by molar-refractivity contribution is 0.0315. The van der Waals surface area contributed by atoms with Gasteiger partial charge < -0.3 is 20.5 Å². The molecule has 1 aliphatic heterocycles. The third kappa shape index (κ3) is 3.36. The zero-order valence-electron chi connectivity index (χ0n) is 11.4. The van der Waals surface area contributed by atoms with Gasteiger partial charge in [-0.05, 0) is 31.9 Å². The van der Waals surface area contributed by atoms with Gasteiger partial charge in [-0.25, -0.2) is 0 Å². The molecule has 0 spiro atoms. The van der Waals surface area contributed by atoms with Crippen LogP contribution in [-0.2, 0) is 4.74 Å². The first kappa shape index (κ1) is 14.1. The molecular formula is C14H20N2O2S. The van der Waals surface area contributed by atoms with E-state index in [2.05, 4.69) is 12.2 Å². The molecule has 104 valence electrons. The summed E-state index contributed by atoms with van der Waals surface area (Å²) in [6.07, 6.45) is 2.17. The second kappa shape index (κ2) is 5.75. The van der Waals surface area contributed by atoms with E-state index in [-0.39, 0.29) is 5.60 Å². The summed E-state index contributed by atoms with van der Waals surface area (Å²) in [5, 5.41) is 3.38. The van der Waals surface area contributed by atoms with Gasteiger partial charge in [-0.2, -0.15) is 0 Å². The van der Waals surface area contributed by atoms with Gasteiger partial charge in [0.1, 0.15) is 10.7 Å². The van der Waals surface area contributed by atoms with E-state index < -0.39 is 0 Å². The predicted molar refractivity (Wildman–Crippen MR) is 81.0 cm³/mol. The summed E-state index contributed by atoms with van der Waals surface area (Å²) in [5.74, 6) is 0.778. The minimum absolute atomic E-state index is 0.115. The van der Waals surface area contributed by atoms with Crippen LogP contribution in [0.2, 0.25) is 0 Å². The first-order valence-electron chi connectivity index (χ1n) is 6.40. The van der Waals surface area contributed by atoms with Crippen molar-refractivity contribution in [3.05, 3.63) is 23.8 Å². The van der Waals surface area contributed by atoms with E-state index in [1.165, 1.54) is 0 Å². The van der Waals surface area contributed by atoms with Crippen molar-refractivity contribution < 1.29 is 9.47 Å². The molecule has 0 aromatic heterocycles. The van der Waals surface area contributed by atoms with Gasteiger partial charge >= 0.3 is 0 Å². The number of hydrogen-bond donors (Lipinski definition) is 2. The third-order valence-electron chi connectivity index (χ3n) is 3.45. The number of rotatable bonds is 5. The number of thiocarbonyl (C=S) groups is 1. The Bertz CT molecular complexity index is 471. The molecule has 3 N–H and O–H groups in total. The Balaban J connectivity index is 2.15. The molecule has 0 radical (unpaired) electrons. The Hall–Kier alpha value is -1.33. The second-order valence-electron chi connectivity index (χ2n) is 5.03. The van der Waals surface area contributed by atoms with Gasteiger partial charge in [-0.3, -0.25) is 0 Å². The topological polar surface area (TPSA) is 56.5 Å². The number of benzene rings is 1. The zero-order chi connectivity index (χ0) is 13.9. The van der Waals surface area contributed by atoms with Gasteiger partial charge in [0.15, 0.2) is 0 Å². The highest BCUT2D eigenvalue weighted by Crippen LogP contribution is 2.28. The van der Waals surface area contributed by atoms with Crippen LogP contribution in [0, 0.1) is 0 Å². The summed E-state index contributed by atoms with van der Waals surface area (Å²) < 4.78 is 11.0. The third-order valence-corrected chi connectivity index (χ3v) is 3.67. The Morgan fingerprint density at radius 3 is 2.95 bits per heavy atom. The fraction of sp³-hybridized carbons (Fsp3) is 0.500. The molecular weight excluding hydrogens is 260 g/mol. The molecule has 1 unspecified atom stereocenters. The standard InChI is InChI=1S/C14H20N2O2S/c1-14(6-3-7-18-14)9-16-12-8-10(17-2)4-5-11(12)13(15)19/h4-5,8,16H,3,6-7,9H2,1-2H3,(H2,15,19). The summed E-state index contributed by atoms with van der Waals surface area (Å²) in [4.78, 5) is 0.377. The van der Waals surface area contributed by atoms with E-state index in [9.17, 15) is 0 Å². The van der Waals surface area contributed by atoms with Crippen LogP contribution in [-0.4, -0.2) is 30.9 Å². The average molecular weight is 280 g/mol. The van der Waals surface area contributed by atoms with Crippen molar-refractivity contribution >= 4 is 22.9 Å². The normalized spacial score (nSPS) is 22.2. The maximum Gasteiger partial charge on any atom is 0.120 e. The fourth-order valence-corrected chi connectivity index (χ4v) is 2.45. The van der Waals surface area contributed by atoms with E-state index in [1.807, 2.05) is 18.2 Å². The highest BCUT2D eigenvalue weighted by molar-refractivity contribution is 7.80. The summed E-state index contributed by atoms with van der Waals surface area (Å²) in [6, 6.07) is 5.64. The average Bonchev–Trinajstić information content (AvgIpc) is 2.83. The molecule has 19 heavy (non-hydrogen) atoms. The Morgan fingerprint density at radius 1 is 1.58 bits per heavy atom. The van der Waals surface area contributed by atoms with Crippen molar-refractivity contribution in [3.8, 4) is 5.75 Å². The van der Waals surface area contributed by atoms with Crippen LogP contribution < -0.4 is 15.8 Å². The van der Waals surface area contributed by atoms with Crippen molar-refractivity contribution in [3.63, 3.8) is 0 Å². The molecule has 0 bridgehead atoms. The van der Waals surface area contributed by atoms with Crippen molar-refractivity contribution in [2.24, 2.45) is 5.73 Å². The number of nitrogens with one attached hydrogen (secondary N) is 1. The summed E-state index contributed by atoms with van der Waals surface area (Å²) in [7, 11) is 1.64. The monoisotopic (exact) mass is 280 g/mol. The molecule has 1 heterocycles. The van der Waals surface area contributed by atoms with Gasteiger partial charge in [0.25, 0.3) is 0 Å². The van der Waals surface area contributed by atoms with Gasteiger partial charge in [0.2, 0.25) is 0 Å². The Morgan fingerprint density at radius 2 is 2.37 bits per heavy atom. The van der Waals surface area contributed by atoms with Crippen LogP contribution in [0.3, 0.4) is 0 Å². The number of nitrogens with two attached hydrogens (primary N) is 1. The molecule has 0 saturated carbocycles. The van der Waals surface area contributed by atoms with Gasteiger partial charge in [-0.1, -0.05) is 12.2 Å². The summed E-state index contributed by atoms with van der Waals surface area (Å²) in [6.45, 7) is 3.68. The Labute approximate surface area is 119 Å². The SMILES string of the molecule is COc1ccc(C(N)=S)c(NCC2(C)CCCO2)c1. The highest BCUT2D eigenvalue weighted by atomic mass is 32.1. The lowest BCUT2D eigenvalue weighted by atomic mass is 10.0. The van der Waals surface area contributed by atoms with Gasteiger partial charge in [0, 0.05) is 30.5 Å². The van der Waals surface area contributed by atoms with E-state index in [1.54, 1.807) is 7.11 Å². The summed E-state index contributed by atoms with van der Waals surface area (Å²) in [5.41, 5.74) is 7.35. The molecule has 1 atom stereocenters. The van der Waals surface area contributed by atoms with Crippen molar-refractivity contribution in [1.29, 1.82) is 0 Å². The molecule has 1 fully saturated rings. The van der Waals surface area contributed by atoms with Crippen molar-refractivity contribution in [2.75, 3.05) is 25.6 Å². The van der Waals surface area contributed by atoms with Crippen LogP contribution in [0.25, 0.3) is 0 Å².